The van der Waals surface area contributed by atoms with Gasteiger partial charge in [-0.05, 0) is 35.9 Å². The molecule has 0 radical (unpaired) electrons. The van der Waals surface area contributed by atoms with E-state index in [1.165, 1.54) is 11.3 Å². The highest BCUT2D eigenvalue weighted by molar-refractivity contribution is 5.57. The van der Waals surface area contributed by atoms with Crippen LogP contribution in [0, 0.1) is 0 Å². The standard InChI is InChI=1S/C15H15NO2/c17-12-5-7-13(8-6-12)18-10-11-9-16-15-4-2-1-3-14(11)15/h1-8,11,16-17H,9-10H2. The molecule has 1 aliphatic rings. The molecule has 2 aromatic rings. The van der Waals surface area contributed by atoms with Gasteiger partial charge in [-0.25, -0.2) is 0 Å². The lowest BCUT2D eigenvalue weighted by Gasteiger charge is -2.12. The van der Waals surface area contributed by atoms with E-state index in [9.17, 15) is 5.11 Å². The molecule has 2 aromatic carbocycles. The normalized spacial score (nSPS) is 17.0. The zero-order valence-electron chi connectivity index (χ0n) is 9.97. The number of rotatable bonds is 3. The molecule has 1 atom stereocenters. The van der Waals surface area contributed by atoms with Crippen LogP contribution < -0.4 is 10.1 Å². The summed E-state index contributed by atoms with van der Waals surface area (Å²) in [6, 6.07) is 15.2. The molecule has 0 fully saturated rings. The Kier molecular flexibility index (Phi) is 2.81. The molecule has 2 N–H and O–H groups in total. The number of aromatic hydroxyl groups is 1. The fourth-order valence-corrected chi connectivity index (χ4v) is 2.24. The smallest absolute Gasteiger partial charge is 0.119 e. The molecule has 3 rings (SSSR count). The van der Waals surface area contributed by atoms with Crippen molar-refractivity contribution in [2.24, 2.45) is 0 Å². The first-order valence-electron chi connectivity index (χ1n) is 6.07. The van der Waals surface area contributed by atoms with E-state index in [4.69, 9.17) is 4.74 Å². The Morgan fingerprint density at radius 2 is 1.89 bits per heavy atom. The molecule has 92 valence electrons. The second-order valence-corrected chi connectivity index (χ2v) is 4.47. The van der Waals surface area contributed by atoms with Gasteiger partial charge in [-0.3, -0.25) is 0 Å². The van der Waals surface area contributed by atoms with Crippen LogP contribution in [-0.2, 0) is 0 Å². The summed E-state index contributed by atoms with van der Waals surface area (Å²) in [5.41, 5.74) is 2.52. The van der Waals surface area contributed by atoms with Crippen molar-refractivity contribution in [2.45, 2.75) is 5.92 Å². The lowest BCUT2D eigenvalue weighted by atomic mass is 10.0. The molecule has 1 heterocycles. The van der Waals surface area contributed by atoms with Crippen LogP contribution in [0.15, 0.2) is 48.5 Å². The van der Waals surface area contributed by atoms with Gasteiger partial charge in [0.25, 0.3) is 0 Å². The van der Waals surface area contributed by atoms with Crippen molar-refractivity contribution in [3.63, 3.8) is 0 Å². The van der Waals surface area contributed by atoms with Crippen molar-refractivity contribution in [3.05, 3.63) is 54.1 Å². The quantitative estimate of drug-likeness (QED) is 0.868. The fraction of sp³-hybridized carbons (Fsp3) is 0.200. The molecule has 3 nitrogen and oxygen atoms in total. The molecule has 0 spiro atoms. The number of benzene rings is 2. The van der Waals surface area contributed by atoms with Gasteiger partial charge in [0.05, 0.1) is 6.61 Å². The van der Waals surface area contributed by atoms with Crippen LogP contribution in [0.25, 0.3) is 0 Å². The molecular formula is C15H15NO2. The summed E-state index contributed by atoms with van der Waals surface area (Å²) in [5, 5.41) is 12.6. The van der Waals surface area contributed by atoms with Gasteiger partial charge in [-0.1, -0.05) is 18.2 Å². The Morgan fingerprint density at radius 1 is 1.11 bits per heavy atom. The molecule has 1 aliphatic heterocycles. The van der Waals surface area contributed by atoms with Crippen molar-refractivity contribution < 1.29 is 9.84 Å². The maximum absolute atomic E-state index is 9.20. The second kappa shape index (κ2) is 4.61. The predicted octanol–water partition coefficient (Wildman–Crippen LogP) is 2.98. The minimum atomic E-state index is 0.259. The Labute approximate surface area is 106 Å². The molecule has 0 aliphatic carbocycles. The zero-order valence-corrected chi connectivity index (χ0v) is 9.97. The molecule has 3 heteroatoms. The van der Waals surface area contributed by atoms with Gasteiger partial charge in [-0.2, -0.15) is 0 Å². The Hall–Kier alpha value is -2.16. The third-order valence-electron chi connectivity index (χ3n) is 3.23. The highest BCUT2D eigenvalue weighted by Crippen LogP contribution is 2.31. The van der Waals surface area contributed by atoms with Crippen LogP contribution in [0.1, 0.15) is 11.5 Å². The van der Waals surface area contributed by atoms with E-state index in [2.05, 4.69) is 23.5 Å². The first-order valence-corrected chi connectivity index (χ1v) is 6.07. The number of para-hydroxylation sites is 1. The van der Waals surface area contributed by atoms with Crippen LogP contribution in [0.4, 0.5) is 5.69 Å². The van der Waals surface area contributed by atoms with E-state index in [1.807, 2.05) is 6.07 Å². The second-order valence-electron chi connectivity index (χ2n) is 4.47. The Balaban J connectivity index is 1.67. The molecule has 0 aromatic heterocycles. The maximum Gasteiger partial charge on any atom is 0.119 e. The molecule has 0 saturated heterocycles. The summed E-state index contributed by atoms with van der Waals surface area (Å²) in [6.45, 7) is 1.56. The highest BCUT2D eigenvalue weighted by Gasteiger charge is 2.21. The van der Waals surface area contributed by atoms with Gasteiger partial charge in [0.1, 0.15) is 11.5 Å². The topological polar surface area (TPSA) is 41.5 Å². The Morgan fingerprint density at radius 3 is 2.72 bits per heavy atom. The zero-order chi connectivity index (χ0) is 12.4. The number of hydrogen-bond donors (Lipinski definition) is 2. The summed E-state index contributed by atoms with van der Waals surface area (Å²) in [7, 11) is 0. The van der Waals surface area contributed by atoms with Gasteiger partial charge >= 0.3 is 0 Å². The van der Waals surface area contributed by atoms with E-state index in [-0.39, 0.29) is 5.75 Å². The number of anilines is 1. The first kappa shape index (κ1) is 11.0. The fourth-order valence-electron chi connectivity index (χ4n) is 2.24. The van der Waals surface area contributed by atoms with E-state index in [0.29, 0.717) is 12.5 Å². The monoisotopic (exact) mass is 241 g/mol. The molecule has 1 unspecified atom stereocenters. The van der Waals surface area contributed by atoms with Crippen molar-refractivity contribution in [1.29, 1.82) is 0 Å². The third kappa shape index (κ3) is 2.12. The summed E-state index contributed by atoms with van der Waals surface area (Å²) in [4.78, 5) is 0. The van der Waals surface area contributed by atoms with Crippen LogP contribution in [0.5, 0.6) is 11.5 Å². The van der Waals surface area contributed by atoms with Crippen LogP contribution in [-0.4, -0.2) is 18.3 Å². The van der Waals surface area contributed by atoms with Gasteiger partial charge in [-0.15, -0.1) is 0 Å². The largest absolute Gasteiger partial charge is 0.508 e. The third-order valence-corrected chi connectivity index (χ3v) is 3.23. The number of fused-ring (bicyclic) bond motifs is 1. The summed E-state index contributed by atoms with van der Waals surface area (Å²) >= 11 is 0. The van der Waals surface area contributed by atoms with Crippen molar-refractivity contribution in [1.82, 2.24) is 0 Å². The number of phenols is 1. The van der Waals surface area contributed by atoms with E-state index >= 15 is 0 Å². The van der Waals surface area contributed by atoms with E-state index in [1.54, 1.807) is 24.3 Å². The highest BCUT2D eigenvalue weighted by atomic mass is 16.5. The SMILES string of the molecule is Oc1ccc(OCC2CNc3ccccc32)cc1. The molecule has 0 saturated carbocycles. The van der Waals surface area contributed by atoms with Gasteiger partial charge < -0.3 is 15.2 Å². The van der Waals surface area contributed by atoms with Crippen LogP contribution in [0.2, 0.25) is 0 Å². The minimum Gasteiger partial charge on any atom is -0.508 e. The van der Waals surface area contributed by atoms with Crippen LogP contribution in [0.3, 0.4) is 0 Å². The number of phenolic OH excluding ortho intramolecular Hbond substituents is 1. The summed E-state index contributed by atoms with van der Waals surface area (Å²) < 4.78 is 5.75. The average Bonchev–Trinajstić information content (AvgIpc) is 2.82. The van der Waals surface area contributed by atoms with Gasteiger partial charge in [0.15, 0.2) is 0 Å². The average molecular weight is 241 g/mol. The minimum absolute atomic E-state index is 0.259. The van der Waals surface area contributed by atoms with E-state index in [0.717, 1.165) is 12.3 Å². The number of hydrogen-bond acceptors (Lipinski definition) is 3. The van der Waals surface area contributed by atoms with Crippen LogP contribution >= 0.6 is 0 Å². The molecule has 0 amide bonds. The molecule has 0 bridgehead atoms. The predicted molar refractivity (Wildman–Crippen MR) is 71.3 cm³/mol. The summed E-state index contributed by atoms with van der Waals surface area (Å²) in [5.74, 6) is 1.43. The van der Waals surface area contributed by atoms with Crippen molar-refractivity contribution in [2.75, 3.05) is 18.5 Å². The van der Waals surface area contributed by atoms with Gasteiger partial charge in [0.2, 0.25) is 0 Å². The van der Waals surface area contributed by atoms with Crippen molar-refractivity contribution in [3.8, 4) is 11.5 Å². The number of nitrogens with one attached hydrogen (secondary N) is 1. The van der Waals surface area contributed by atoms with E-state index < -0.39 is 0 Å². The molecular weight excluding hydrogens is 226 g/mol. The number of ether oxygens (including phenoxy) is 1. The lowest BCUT2D eigenvalue weighted by Crippen LogP contribution is -2.12. The molecule has 18 heavy (non-hydrogen) atoms. The van der Waals surface area contributed by atoms with Gasteiger partial charge in [0, 0.05) is 18.2 Å². The lowest BCUT2D eigenvalue weighted by molar-refractivity contribution is 0.295. The Bertz CT molecular complexity index is 536. The maximum atomic E-state index is 9.20. The summed E-state index contributed by atoms with van der Waals surface area (Å²) in [6.07, 6.45) is 0. The first-order chi connectivity index (χ1) is 8.83. The van der Waals surface area contributed by atoms with Crippen molar-refractivity contribution >= 4 is 5.69 Å².